The van der Waals surface area contributed by atoms with Crippen molar-refractivity contribution in [1.29, 1.82) is 0 Å². The smallest absolute Gasteiger partial charge is 0.312 e. The van der Waals surface area contributed by atoms with Gasteiger partial charge in [0.1, 0.15) is 0 Å². The summed E-state index contributed by atoms with van der Waals surface area (Å²) in [6, 6.07) is 0. The fourth-order valence-corrected chi connectivity index (χ4v) is 3.49. The van der Waals surface area contributed by atoms with Crippen LogP contribution < -0.4 is 0 Å². The molecule has 0 aliphatic heterocycles. The largest absolute Gasteiger partial charge is 0.469 e. The second-order valence-electron chi connectivity index (χ2n) is 5.44. The number of esters is 1. The predicted octanol–water partition coefficient (Wildman–Crippen LogP) is 2.38. The molecule has 0 aromatic carbocycles. The van der Waals surface area contributed by atoms with E-state index in [2.05, 4.69) is 20.8 Å². The van der Waals surface area contributed by atoms with E-state index in [0.717, 1.165) is 12.8 Å². The third-order valence-electron chi connectivity index (χ3n) is 5.08. The molecule has 0 aromatic rings. The van der Waals surface area contributed by atoms with Crippen molar-refractivity contribution in [2.75, 3.05) is 7.11 Å². The minimum Gasteiger partial charge on any atom is -0.469 e. The first kappa shape index (κ1) is 9.04. The molecule has 3 saturated carbocycles. The normalized spacial score (nSPS) is 45.5. The van der Waals surface area contributed by atoms with Crippen molar-refractivity contribution >= 4 is 5.97 Å². The standard InChI is InChI=1S/C11H18O2/c1-9(2)10(3)5-6-11(9,7-10)8(12)13-4/h5-7H2,1-4H3/t10-,11+/m1/s1. The van der Waals surface area contributed by atoms with E-state index in [1.165, 1.54) is 13.5 Å². The zero-order valence-corrected chi connectivity index (χ0v) is 8.94. The molecule has 0 heterocycles. The van der Waals surface area contributed by atoms with E-state index in [4.69, 9.17) is 4.74 Å². The number of hydrogen-bond acceptors (Lipinski definition) is 2. The molecule has 0 radical (unpaired) electrons. The van der Waals surface area contributed by atoms with Gasteiger partial charge in [-0.1, -0.05) is 20.8 Å². The number of methoxy groups -OCH3 is 1. The number of rotatable bonds is 1. The minimum atomic E-state index is -0.156. The van der Waals surface area contributed by atoms with Crippen LogP contribution in [0.25, 0.3) is 0 Å². The Labute approximate surface area is 79.7 Å². The van der Waals surface area contributed by atoms with Gasteiger partial charge < -0.3 is 4.74 Å². The van der Waals surface area contributed by atoms with Crippen LogP contribution in [0.3, 0.4) is 0 Å². The van der Waals surface area contributed by atoms with Gasteiger partial charge in [0.05, 0.1) is 12.5 Å². The first-order chi connectivity index (χ1) is 5.90. The molecule has 2 bridgehead atoms. The zero-order chi connectivity index (χ0) is 9.91. The molecule has 2 heteroatoms. The highest BCUT2D eigenvalue weighted by molar-refractivity contribution is 5.80. The lowest BCUT2D eigenvalue weighted by molar-refractivity contribution is -0.187. The Balaban J connectivity index is 2.35. The van der Waals surface area contributed by atoms with Crippen molar-refractivity contribution in [1.82, 2.24) is 0 Å². The molecule has 3 fully saturated rings. The van der Waals surface area contributed by atoms with Gasteiger partial charge in [0, 0.05) is 0 Å². The fraction of sp³-hybridized carbons (Fsp3) is 0.909. The summed E-state index contributed by atoms with van der Waals surface area (Å²) in [5.41, 5.74) is 0.352. The van der Waals surface area contributed by atoms with Crippen LogP contribution in [0.4, 0.5) is 0 Å². The van der Waals surface area contributed by atoms with Crippen LogP contribution >= 0.6 is 0 Å². The molecule has 0 aromatic heterocycles. The Morgan fingerprint density at radius 3 is 2.15 bits per heavy atom. The summed E-state index contributed by atoms with van der Waals surface area (Å²) in [7, 11) is 1.50. The third kappa shape index (κ3) is 0.695. The van der Waals surface area contributed by atoms with Crippen LogP contribution in [0.5, 0.6) is 0 Å². The van der Waals surface area contributed by atoms with Gasteiger partial charge in [-0.3, -0.25) is 4.79 Å². The van der Waals surface area contributed by atoms with Crippen molar-refractivity contribution in [3.63, 3.8) is 0 Å². The van der Waals surface area contributed by atoms with Gasteiger partial charge in [0.2, 0.25) is 0 Å². The molecule has 2 nitrogen and oxygen atoms in total. The Hall–Kier alpha value is -0.530. The van der Waals surface area contributed by atoms with Crippen LogP contribution in [-0.4, -0.2) is 13.1 Å². The van der Waals surface area contributed by atoms with Gasteiger partial charge in [0.15, 0.2) is 0 Å². The molecule has 74 valence electrons. The highest BCUT2D eigenvalue weighted by atomic mass is 16.5. The van der Waals surface area contributed by atoms with E-state index in [1.807, 2.05) is 0 Å². The summed E-state index contributed by atoms with van der Waals surface area (Å²) in [5, 5.41) is 0. The van der Waals surface area contributed by atoms with Crippen LogP contribution in [0.1, 0.15) is 40.0 Å². The highest BCUT2D eigenvalue weighted by Crippen LogP contribution is 2.77. The molecule has 3 aliphatic rings. The van der Waals surface area contributed by atoms with E-state index in [0.29, 0.717) is 5.41 Å². The van der Waals surface area contributed by atoms with Crippen molar-refractivity contribution in [2.24, 2.45) is 16.2 Å². The summed E-state index contributed by atoms with van der Waals surface area (Å²) in [5.74, 6) is 0.00692. The topological polar surface area (TPSA) is 26.3 Å². The monoisotopic (exact) mass is 182 g/mol. The Morgan fingerprint density at radius 1 is 1.23 bits per heavy atom. The lowest BCUT2D eigenvalue weighted by Gasteiger charge is -2.59. The first-order valence-electron chi connectivity index (χ1n) is 4.98. The summed E-state index contributed by atoms with van der Waals surface area (Å²) in [4.78, 5) is 11.7. The molecule has 0 spiro atoms. The van der Waals surface area contributed by atoms with E-state index in [-0.39, 0.29) is 16.8 Å². The average Bonchev–Trinajstić information content (AvgIpc) is 2.54. The van der Waals surface area contributed by atoms with Crippen molar-refractivity contribution in [3.8, 4) is 0 Å². The molecular weight excluding hydrogens is 164 g/mol. The molecule has 0 N–H and O–H groups in total. The summed E-state index contributed by atoms with van der Waals surface area (Å²) in [6.07, 6.45) is 3.22. The van der Waals surface area contributed by atoms with Gasteiger partial charge >= 0.3 is 5.97 Å². The van der Waals surface area contributed by atoms with Crippen molar-refractivity contribution in [2.45, 2.75) is 40.0 Å². The van der Waals surface area contributed by atoms with Crippen LogP contribution in [0, 0.1) is 16.2 Å². The molecule has 0 amide bonds. The maximum atomic E-state index is 11.7. The third-order valence-corrected chi connectivity index (χ3v) is 5.08. The van der Waals surface area contributed by atoms with Crippen LogP contribution in [-0.2, 0) is 9.53 Å². The quantitative estimate of drug-likeness (QED) is 0.582. The van der Waals surface area contributed by atoms with Crippen LogP contribution in [0.2, 0.25) is 0 Å². The molecule has 0 unspecified atom stereocenters. The van der Waals surface area contributed by atoms with Gasteiger partial charge in [-0.25, -0.2) is 0 Å². The number of carbonyl (C=O) groups is 1. The fourth-order valence-electron chi connectivity index (χ4n) is 3.49. The Morgan fingerprint density at radius 2 is 1.85 bits per heavy atom. The van der Waals surface area contributed by atoms with Crippen molar-refractivity contribution < 1.29 is 9.53 Å². The van der Waals surface area contributed by atoms with E-state index >= 15 is 0 Å². The Bertz CT molecular complexity index is 269. The first-order valence-corrected chi connectivity index (χ1v) is 4.98. The van der Waals surface area contributed by atoms with E-state index < -0.39 is 0 Å². The maximum absolute atomic E-state index is 11.7. The summed E-state index contributed by atoms with van der Waals surface area (Å²) < 4.78 is 4.92. The number of ether oxygens (including phenoxy) is 1. The number of hydrogen-bond donors (Lipinski definition) is 0. The summed E-state index contributed by atoms with van der Waals surface area (Å²) >= 11 is 0. The lowest BCUT2D eigenvalue weighted by Crippen LogP contribution is -2.58. The second-order valence-corrected chi connectivity index (χ2v) is 5.44. The second kappa shape index (κ2) is 2.10. The molecular formula is C11H18O2. The van der Waals surface area contributed by atoms with Gasteiger partial charge in [-0.15, -0.1) is 0 Å². The van der Waals surface area contributed by atoms with E-state index in [1.54, 1.807) is 0 Å². The van der Waals surface area contributed by atoms with E-state index in [9.17, 15) is 4.79 Å². The lowest BCUT2D eigenvalue weighted by atomic mass is 9.44. The minimum absolute atomic E-state index is 0.00692. The Kier molecular flexibility index (Phi) is 1.46. The predicted molar refractivity (Wildman–Crippen MR) is 50.2 cm³/mol. The average molecular weight is 182 g/mol. The molecule has 3 aliphatic carbocycles. The zero-order valence-electron chi connectivity index (χ0n) is 8.94. The maximum Gasteiger partial charge on any atom is 0.312 e. The highest BCUT2D eigenvalue weighted by Gasteiger charge is 2.75. The molecule has 3 rings (SSSR count). The SMILES string of the molecule is COC(=O)[C@]12CC[C@](C)(C1)C2(C)C. The molecule has 2 atom stereocenters. The summed E-state index contributed by atoms with van der Waals surface area (Å²) in [6.45, 7) is 6.71. The molecule has 13 heavy (non-hydrogen) atoms. The van der Waals surface area contributed by atoms with Crippen LogP contribution in [0.15, 0.2) is 0 Å². The van der Waals surface area contributed by atoms with Gasteiger partial charge in [-0.05, 0) is 30.1 Å². The van der Waals surface area contributed by atoms with Gasteiger partial charge in [0.25, 0.3) is 0 Å². The number of fused-ring (bicyclic) bond motifs is 1. The van der Waals surface area contributed by atoms with Gasteiger partial charge in [-0.2, -0.15) is 0 Å². The van der Waals surface area contributed by atoms with Crippen molar-refractivity contribution in [3.05, 3.63) is 0 Å². The number of carbonyl (C=O) groups excluding carboxylic acids is 1. The molecule has 0 saturated heterocycles.